The monoisotopic (exact) mass is 397 g/mol. The summed E-state index contributed by atoms with van der Waals surface area (Å²) in [5.41, 5.74) is 7.08. The first kappa shape index (κ1) is 20.3. The van der Waals surface area contributed by atoms with Crippen LogP contribution in [0.4, 0.5) is 17.5 Å². The Kier molecular flexibility index (Phi) is 6.10. The molecule has 29 heavy (non-hydrogen) atoms. The fourth-order valence-electron chi connectivity index (χ4n) is 3.05. The number of aryl methyl sites for hydroxylation is 1. The van der Waals surface area contributed by atoms with Crippen molar-refractivity contribution in [3.05, 3.63) is 31.4 Å². The number of nitrogens with one attached hydrogen (secondary N) is 1. The predicted octanol–water partition coefficient (Wildman–Crippen LogP) is 2.14. The Morgan fingerprint density at radius 2 is 2.00 bits per heavy atom. The van der Waals surface area contributed by atoms with Gasteiger partial charge < -0.3 is 20.5 Å². The molecule has 0 unspecified atom stereocenters. The summed E-state index contributed by atoms with van der Waals surface area (Å²) in [6.45, 7) is 9.36. The molecule has 0 radical (unpaired) electrons. The van der Waals surface area contributed by atoms with Crippen molar-refractivity contribution in [1.29, 1.82) is 0 Å². The summed E-state index contributed by atoms with van der Waals surface area (Å²) in [5.74, 6) is 1.02. The number of imidazole rings is 1. The number of primary amides is 1. The van der Waals surface area contributed by atoms with Crippen LogP contribution in [-0.4, -0.2) is 48.3 Å². The quantitative estimate of drug-likeness (QED) is 0.633. The zero-order valence-electron chi connectivity index (χ0n) is 17.0. The van der Waals surface area contributed by atoms with Gasteiger partial charge in [0.1, 0.15) is 0 Å². The average Bonchev–Trinajstić information content (AvgIpc) is 3.42. The average molecular weight is 397 g/mol. The van der Waals surface area contributed by atoms with Gasteiger partial charge in [0.15, 0.2) is 17.0 Å². The van der Waals surface area contributed by atoms with Crippen LogP contribution in [0.1, 0.15) is 32.7 Å². The first-order chi connectivity index (χ1) is 13.9. The number of amides is 1. The number of nitrogens with two attached hydrogens (primary N) is 1. The highest BCUT2D eigenvalue weighted by molar-refractivity contribution is 5.86. The molecule has 10 heteroatoms. The number of anilines is 3. The fraction of sp³-hybridized carbons (Fsp3) is 0.421. The summed E-state index contributed by atoms with van der Waals surface area (Å²) in [5, 5.41) is 7.55. The second-order valence-corrected chi connectivity index (χ2v) is 7.12. The molecular formula is C19H27N9O. The Morgan fingerprint density at radius 3 is 2.55 bits per heavy atom. The van der Waals surface area contributed by atoms with Gasteiger partial charge in [0.25, 0.3) is 0 Å². The van der Waals surface area contributed by atoms with E-state index in [9.17, 15) is 4.79 Å². The highest BCUT2D eigenvalue weighted by Gasteiger charge is 2.20. The number of hydrogen-bond acceptors (Lipinski definition) is 7. The van der Waals surface area contributed by atoms with Crippen molar-refractivity contribution < 1.29 is 4.79 Å². The van der Waals surface area contributed by atoms with Crippen LogP contribution in [0, 0.1) is 0 Å². The summed E-state index contributed by atoms with van der Waals surface area (Å²) < 4.78 is 3.85. The van der Waals surface area contributed by atoms with Gasteiger partial charge in [-0.1, -0.05) is 6.58 Å². The lowest BCUT2D eigenvalue weighted by Crippen LogP contribution is -2.21. The van der Waals surface area contributed by atoms with E-state index in [1.54, 1.807) is 10.9 Å². The summed E-state index contributed by atoms with van der Waals surface area (Å²) >= 11 is 0. The third-order valence-electron chi connectivity index (χ3n) is 4.52. The molecule has 1 saturated heterocycles. The van der Waals surface area contributed by atoms with Crippen LogP contribution in [0.2, 0.25) is 0 Å². The molecule has 3 aromatic heterocycles. The minimum absolute atomic E-state index is 0.294. The van der Waals surface area contributed by atoms with E-state index in [0.29, 0.717) is 6.04 Å². The number of aromatic nitrogens is 6. The van der Waals surface area contributed by atoms with Gasteiger partial charge in [-0.3, -0.25) is 9.48 Å². The number of carbonyl (C=O) groups is 1. The Hall–Kier alpha value is -3.43. The Labute approximate surface area is 169 Å². The Balaban J connectivity index is 0.000000431. The first-order valence-corrected chi connectivity index (χ1v) is 9.56. The standard InChI is InChI=1S/C16H22N8.C3H5NO/c1-11(2)24-10-17-13-14(19-12-8-18-22(3)9-12)20-16(21-15(13)24)23-6-4-5-7-23;1-2-3(4)5/h8-11H,4-7H2,1-3H3,(H,19,20,21);2H,1H2,(H2,4,5). The largest absolute Gasteiger partial charge is 0.366 e. The van der Waals surface area contributed by atoms with Gasteiger partial charge >= 0.3 is 0 Å². The lowest BCUT2D eigenvalue weighted by atomic mass is 10.4. The Morgan fingerprint density at radius 1 is 1.31 bits per heavy atom. The molecule has 1 fully saturated rings. The predicted molar refractivity (Wildman–Crippen MR) is 113 cm³/mol. The minimum Gasteiger partial charge on any atom is -0.366 e. The van der Waals surface area contributed by atoms with E-state index in [1.807, 2.05) is 19.6 Å². The lowest BCUT2D eigenvalue weighted by molar-refractivity contribution is -0.113. The second-order valence-electron chi connectivity index (χ2n) is 7.12. The van der Waals surface area contributed by atoms with Crippen molar-refractivity contribution in [2.75, 3.05) is 23.3 Å². The van der Waals surface area contributed by atoms with E-state index in [0.717, 1.165) is 47.8 Å². The highest BCUT2D eigenvalue weighted by atomic mass is 16.1. The van der Waals surface area contributed by atoms with Gasteiger partial charge in [0.2, 0.25) is 11.9 Å². The zero-order chi connectivity index (χ0) is 21.0. The third-order valence-corrected chi connectivity index (χ3v) is 4.52. The molecule has 1 aliphatic heterocycles. The molecule has 0 bridgehead atoms. The van der Waals surface area contributed by atoms with Crippen molar-refractivity contribution in [2.24, 2.45) is 12.8 Å². The number of hydrogen-bond donors (Lipinski definition) is 2. The van der Waals surface area contributed by atoms with E-state index in [1.165, 1.54) is 12.8 Å². The molecule has 1 aliphatic rings. The van der Waals surface area contributed by atoms with E-state index >= 15 is 0 Å². The van der Waals surface area contributed by atoms with Gasteiger partial charge in [-0.15, -0.1) is 0 Å². The molecule has 10 nitrogen and oxygen atoms in total. The smallest absolute Gasteiger partial charge is 0.240 e. The Bertz CT molecular complexity index is 998. The third kappa shape index (κ3) is 4.71. The molecule has 0 aromatic carbocycles. The molecule has 4 rings (SSSR count). The number of carbonyl (C=O) groups excluding carboxylic acids is 1. The second kappa shape index (κ2) is 8.72. The van der Waals surface area contributed by atoms with E-state index < -0.39 is 5.91 Å². The molecule has 3 N–H and O–H groups in total. The molecule has 0 atom stereocenters. The summed E-state index contributed by atoms with van der Waals surface area (Å²) in [6.07, 6.45) is 8.98. The van der Waals surface area contributed by atoms with Gasteiger partial charge in [-0.25, -0.2) is 4.98 Å². The molecule has 4 heterocycles. The van der Waals surface area contributed by atoms with Crippen LogP contribution < -0.4 is 16.0 Å². The van der Waals surface area contributed by atoms with E-state index in [2.05, 4.69) is 51.0 Å². The summed E-state index contributed by atoms with van der Waals surface area (Å²) in [4.78, 5) is 25.8. The SMILES string of the molecule is C=CC(N)=O.CC(C)n1cnc2c(Nc3cnn(C)c3)nc(N3CCCC3)nc21. The lowest BCUT2D eigenvalue weighted by Gasteiger charge is -2.17. The van der Waals surface area contributed by atoms with Crippen LogP contribution in [0.3, 0.4) is 0 Å². The van der Waals surface area contributed by atoms with Crippen molar-refractivity contribution in [2.45, 2.75) is 32.7 Å². The number of fused-ring (bicyclic) bond motifs is 1. The van der Waals surface area contributed by atoms with Gasteiger partial charge in [0, 0.05) is 32.4 Å². The van der Waals surface area contributed by atoms with Crippen molar-refractivity contribution in [3.8, 4) is 0 Å². The first-order valence-electron chi connectivity index (χ1n) is 9.56. The maximum absolute atomic E-state index is 9.47. The van der Waals surface area contributed by atoms with Crippen LogP contribution >= 0.6 is 0 Å². The molecule has 0 aliphatic carbocycles. The topological polar surface area (TPSA) is 120 Å². The number of rotatable bonds is 5. The minimum atomic E-state index is -0.481. The van der Waals surface area contributed by atoms with E-state index in [4.69, 9.17) is 9.97 Å². The van der Waals surface area contributed by atoms with Gasteiger partial charge in [-0.2, -0.15) is 15.1 Å². The van der Waals surface area contributed by atoms with Crippen LogP contribution in [-0.2, 0) is 11.8 Å². The van der Waals surface area contributed by atoms with Crippen molar-refractivity contribution in [1.82, 2.24) is 29.3 Å². The molecule has 0 spiro atoms. The van der Waals surface area contributed by atoms with Gasteiger partial charge in [0.05, 0.1) is 18.2 Å². The zero-order valence-corrected chi connectivity index (χ0v) is 17.0. The van der Waals surface area contributed by atoms with Crippen molar-refractivity contribution in [3.63, 3.8) is 0 Å². The normalized spacial score (nSPS) is 13.4. The van der Waals surface area contributed by atoms with Gasteiger partial charge in [-0.05, 0) is 32.8 Å². The van der Waals surface area contributed by atoms with E-state index in [-0.39, 0.29) is 0 Å². The van der Waals surface area contributed by atoms with Crippen LogP contribution in [0.5, 0.6) is 0 Å². The summed E-state index contributed by atoms with van der Waals surface area (Å²) in [6, 6.07) is 0.294. The molecular weight excluding hydrogens is 370 g/mol. The summed E-state index contributed by atoms with van der Waals surface area (Å²) in [7, 11) is 1.89. The highest BCUT2D eigenvalue weighted by Crippen LogP contribution is 2.28. The van der Waals surface area contributed by atoms with Crippen LogP contribution in [0.15, 0.2) is 31.4 Å². The number of nitrogens with zero attached hydrogens (tertiary/aromatic N) is 7. The van der Waals surface area contributed by atoms with Crippen LogP contribution in [0.25, 0.3) is 11.2 Å². The maximum Gasteiger partial charge on any atom is 0.240 e. The fourth-order valence-corrected chi connectivity index (χ4v) is 3.05. The maximum atomic E-state index is 9.47. The molecule has 1 amide bonds. The van der Waals surface area contributed by atoms with Crippen molar-refractivity contribution >= 4 is 34.5 Å². The molecule has 0 saturated carbocycles. The molecule has 154 valence electrons. The molecule has 3 aromatic rings.